The molecule has 0 saturated carbocycles. The molecule has 0 radical (unpaired) electrons. The molecule has 5 nitrogen and oxygen atoms in total. The van der Waals surface area contributed by atoms with Crippen molar-refractivity contribution >= 4 is 50.8 Å². The molecule has 2 aromatic carbocycles. The molecular weight excluding hydrogens is 405 g/mol. The van der Waals surface area contributed by atoms with Gasteiger partial charge in [0, 0.05) is 21.2 Å². The normalized spacial score (nSPS) is 10.6. The maximum atomic E-state index is 6.02. The third kappa shape index (κ3) is 4.37. The van der Waals surface area contributed by atoms with Gasteiger partial charge in [0.1, 0.15) is 5.75 Å². The molecule has 0 aliphatic rings. The van der Waals surface area contributed by atoms with Crippen LogP contribution in [-0.2, 0) is 6.61 Å². The number of ether oxygens (including phenoxy) is 1. The van der Waals surface area contributed by atoms with E-state index in [1.165, 1.54) is 0 Å². The Labute approximate surface area is 150 Å². The van der Waals surface area contributed by atoms with Gasteiger partial charge in [0.2, 0.25) is 0 Å². The standard InChI is InChI=1S/C15H10BrCl2N3O2/c16-9-1-4-11(5-2-9)19-15-21-20-14(23-15)8-22-13-7-10(17)3-6-12(13)18/h1-7H,8H2,(H,19,21). The zero-order valence-corrected chi connectivity index (χ0v) is 14.7. The smallest absolute Gasteiger partial charge is 0.320 e. The molecule has 0 aliphatic carbocycles. The van der Waals surface area contributed by atoms with Crippen molar-refractivity contribution in [3.05, 3.63) is 62.9 Å². The average molecular weight is 415 g/mol. The van der Waals surface area contributed by atoms with E-state index in [1.54, 1.807) is 18.2 Å². The lowest BCUT2D eigenvalue weighted by Crippen LogP contribution is -1.96. The predicted octanol–water partition coefficient (Wildman–Crippen LogP) is 5.46. The number of aromatic nitrogens is 2. The summed E-state index contributed by atoms with van der Waals surface area (Å²) in [7, 11) is 0. The third-order valence-electron chi connectivity index (χ3n) is 2.81. The van der Waals surface area contributed by atoms with Crippen LogP contribution in [0.5, 0.6) is 5.75 Å². The highest BCUT2D eigenvalue weighted by Gasteiger charge is 2.09. The summed E-state index contributed by atoms with van der Waals surface area (Å²) in [5.74, 6) is 0.778. The fourth-order valence-electron chi connectivity index (χ4n) is 1.75. The Balaban J connectivity index is 1.63. The molecule has 0 bridgehead atoms. The van der Waals surface area contributed by atoms with E-state index in [0.29, 0.717) is 21.7 Å². The van der Waals surface area contributed by atoms with Crippen molar-refractivity contribution in [2.24, 2.45) is 0 Å². The minimum absolute atomic E-state index is 0.0923. The van der Waals surface area contributed by atoms with E-state index in [4.69, 9.17) is 32.4 Å². The highest BCUT2D eigenvalue weighted by atomic mass is 79.9. The molecular formula is C15H10BrCl2N3O2. The van der Waals surface area contributed by atoms with Crippen molar-refractivity contribution in [1.82, 2.24) is 10.2 Å². The number of rotatable bonds is 5. The summed E-state index contributed by atoms with van der Waals surface area (Å²) >= 11 is 15.3. The molecule has 0 unspecified atom stereocenters. The van der Waals surface area contributed by atoms with Crippen LogP contribution in [0.15, 0.2) is 51.4 Å². The van der Waals surface area contributed by atoms with E-state index >= 15 is 0 Å². The summed E-state index contributed by atoms with van der Waals surface area (Å²) in [4.78, 5) is 0. The molecule has 0 amide bonds. The van der Waals surface area contributed by atoms with E-state index < -0.39 is 0 Å². The molecule has 0 atom stereocenters. The minimum atomic E-state index is 0.0923. The lowest BCUT2D eigenvalue weighted by atomic mass is 10.3. The summed E-state index contributed by atoms with van der Waals surface area (Å²) in [6, 6.07) is 12.8. The van der Waals surface area contributed by atoms with Crippen LogP contribution >= 0.6 is 39.1 Å². The van der Waals surface area contributed by atoms with Crippen molar-refractivity contribution in [2.75, 3.05) is 5.32 Å². The van der Waals surface area contributed by atoms with Crippen LogP contribution in [-0.4, -0.2) is 10.2 Å². The van der Waals surface area contributed by atoms with Gasteiger partial charge in [0.15, 0.2) is 6.61 Å². The third-order valence-corrected chi connectivity index (χ3v) is 3.88. The Morgan fingerprint density at radius 2 is 1.87 bits per heavy atom. The van der Waals surface area contributed by atoms with Crippen LogP contribution < -0.4 is 10.1 Å². The Bertz CT molecular complexity index is 809. The highest BCUT2D eigenvalue weighted by molar-refractivity contribution is 9.10. The van der Waals surface area contributed by atoms with E-state index in [-0.39, 0.29) is 12.6 Å². The van der Waals surface area contributed by atoms with Crippen molar-refractivity contribution in [1.29, 1.82) is 0 Å². The molecule has 0 spiro atoms. The van der Waals surface area contributed by atoms with Crippen LogP contribution in [0.25, 0.3) is 0 Å². The second-order valence-corrected chi connectivity index (χ2v) is 6.26. The maximum Gasteiger partial charge on any atom is 0.320 e. The summed E-state index contributed by atoms with van der Waals surface area (Å²) in [6.45, 7) is 0.0923. The Morgan fingerprint density at radius 3 is 2.65 bits per heavy atom. The van der Waals surface area contributed by atoms with Gasteiger partial charge in [-0.2, -0.15) is 0 Å². The van der Waals surface area contributed by atoms with Crippen molar-refractivity contribution in [2.45, 2.75) is 6.61 Å². The number of nitrogens with zero attached hydrogens (tertiary/aromatic N) is 2. The fraction of sp³-hybridized carbons (Fsp3) is 0.0667. The first-order valence-corrected chi connectivity index (χ1v) is 8.08. The summed E-state index contributed by atoms with van der Waals surface area (Å²) < 4.78 is 12.0. The molecule has 0 saturated heterocycles. The molecule has 3 aromatic rings. The van der Waals surface area contributed by atoms with Gasteiger partial charge in [-0.1, -0.05) is 44.2 Å². The van der Waals surface area contributed by atoms with Gasteiger partial charge in [0.05, 0.1) is 5.02 Å². The van der Waals surface area contributed by atoms with E-state index in [9.17, 15) is 0 Å². The SMILES string of the molecule is Clc1ccc(Cl)c(OCc2nnc(Nc3ccc(Br)cc3)o2)c1. The summed E-state index contributed by atoms with van der Waals surface area (Å²) in [6.07, 6.45) is 0. The summed E-state index contributed by atoms with van der Waals surface area (Å²) in [5, 5.41) is 11.8. The van der Waals surface area contributed by atoms with Crippen molar-refractivity contribution < 1.29 is 9.15 Å². The lowest BCUT2D eigenvalue weighted by Gasteiger charge is -2.05. The molecule has 8 heteroatoms. The van der Waals surface area contributed by atoms with Crippen LogP contribution in [0.3, 0.4) is 0 Å². The fourth-order valence-corrected chi connectivity index (χ4v) is 2.34. The number of benzene rings is 2. The van der Waals surface area contributed by atoms with E-state index in [0.717, 1.165) is 10.2 Å². The zero-order chi connectivity index (χ0) is 16.2. The summed E-state index contributed by atoms with van der Waals surface area (Å²) in [5.41, 5.74) is 0.835. The Morgan fingerprint density at radius 1 is 1.09 bits per heavy atom. The van der Waals surface area contributed by atoms with Crippen LogP contribution in [0, 0.1) is 0 Å². The van der Waals surface area contributed by atoms with Gasteiger partial charge in [-0.15, -0.1) is 5.10 Å². The number of hydrogen-bond acceptors (Lipinski definition) is 5. The number of anilines is 2. The van der Waals surface area contributed by atoms with Crippen molar-refractivity contribution in [3.8, 4) is 5.75 Å². The molecule has 23 heavy (non-hydrogen) atoms. The zero-order valence-electron chi connectivity index (χ0n) is 11.6. The first-order chi connectivity index (χ1) is 11.1. The molecule has 0 fully saturated rings. The lowest BCUT2D eigenvalue weighted by molar-refractivity contribution is 0.265. The van der Waals surface area contributed by atoms with E-state index in [1.807, 2.05) is 24.3 Å². The van der Waals surface area contributed by atoms with Crippen molar-refractivity contribution in [3.63, 3.8) is 0 Å². The van der Waals surface area contributed by atoms with Crippen LogP contribution in [0.4, 0.5) is 11.7 Å². The molecule has 1 aromatic heterocycles. The molecule has 1 N–H and O–H groups in total. The first kappa shape index (κ1) is 16.1. The predicted molar refractivity (Wildman–Crippen MR) is 92.5 cm³/mol. The molecule has 118 valence electrons. The van der Waals surface area contributed by atoms with Crippen LogP contribution in [0.1, 0.15) is 5.89 Å². The topological polar surface area (TPSA) is 60.2 Å². The molecule has 3 rings (SSSR count). The van der Waals surface area contributed by atoms with Gasteiger partial charge < -0.3 is 14.5 Å². The van der Waals surface area contributed by atoms with Gasteiger partial charge in [-0.25, -0.2) is 0 Å². The van der Waals surface area contributed by atoms with E-state index in [2.05, 4.69) is 31.4 Å². The second-order valence-electron chi connectivity index (χ2n) is 4.50. The quantitative estimate of drug-likeness (QED) is 0.600. The molecule has 1 heterocycles. The van der Waals surface area contributed by atoms with Gasteiger partial charge in [0.25, 0.3) is 5.89 Å². The van der Waals surface area contributed by atoms with Gasteiger partial charge in [-0.05, 0) is 36.4 Å². The Kier molecular flexibility index (Phi) is 5.05. The number of nitrogens with one attached hydrogen (secondary N) is 1. The highest BCUT2D eigenvalue weighted by Crippen LogP contribution is 2.28. The Hall–Kier alpha value is -1.76. The second kappa shape index (κ2) is 7.21. The van der Waals surface area contributed by atoms with Gasteiger partial charge in [-0.3, -0.25) is 0 Å². The number of hydrogen-bond donors (Lipinski definition) is 1. The monoisotopic (exact) mass is 413 g/mol. The van der Waals surface area contributed by atoms with Gasteiger partial charge >= 0.3 is 6.01 Å². The van der Waals surface area contributed by atoms with Crippen LogP contribution in [0.2, 0.25) is 10.0 Å². The maximum absolute atomic E-state index is 6.02. The minimum Gasteiger partial charge on any atom is -0.482 e. The number of halogens is 3. The first-order valence-electron chi connectivity index (χ1n) is 6.53. The average Bonchev–Trinajstić information content (AvgIpc) is 2.98. The largest absolute Gasteiger partial charge is 0.482 e. The molecule has 0 aliphatic heterocycles.